The Kier molecular flexibility index (Phi) is 7.90. The second-order valence-corrected chi connectivity index (χ2v) is 7.50. The van der Waals surface area contributed by atoms with E-state index in [1.54, 1.807) is 0 Å². The molecule has 2 atom stereocenters. The summed E-state index contributed by atoms with van der Waals surface area (Å²) in [6, 6.07) is -1.16. The van der Waals surface area contributed by atoms with Crippen LogP contribution in [0.2, 0.25) is 0 Å². The summed E-state index contributed by atoms with van der Waals surface area (Å²) in [6.07, 6.45) is 0.772. The van der Waals surface area contributed by atoms with Crippen LogP contribution in [0, 0.1) is 28.3 Å². The number of aromatic nitrogens is 4. The molecular formula is C20H21N7O7S. The molecule has 1 aliphatic heterocycles. The van der Waals surface area contributed by atoms with Crippen LogP contribution in [-0.4, -0.2) is 84.2 Å². The Hall–Kier alpha value is -4.15. The highest BCUT2D eigenvalue weighted by Crippen LogP contribution is 2.33. The van der Waals surface area contributed by atoms with Gasteiger partial charge in [-0.1, -0.05) is 24.1 Å². The Balaban J connectivity index is 1.63. The average molecular weight is 503 g/mol. The first kappa shape index (κ1) is 25.5. The minimum absolute atomic E-state index is 0.0462. The third-order valence-electron chi connectivity index (χ3n) is 4.72. The second-order valence-electron chi connectivity index (χ2n) is 7.12. The van der Waals surface area contributed by atoms with Crippen molar-refractivity contribution in [3.8, 4) is 23.7 Å². The first-order valence-corrected chi connectivity index (χ1v) is 10.4. The molecule has 1 amide bonds. The molecule has 0 bridgehead atoms. The number of carbonyl (C=O) groups excluding carboxylic acids is 1. The SMILES string of the molecule is NC(CC(=O)O)C(=O)NCC#CC#CCNc1nc(=S)c2ncn(C3(O)COC(CO)=C3O)c2[nH]1. The fourth-order valence-corrected chi connectivity index (χ4v) is 3.22. The molecule has 0 radical (unpaired) electrons. The van der Waals surface area contributed by atoms with E-state index in [1.165, 1.54) is 10.9 Å². The van der Waals surface area contributed by atoms with Crippen LogP contribution in [0.25, 0.3) is 11.2 Å². The summed E-state index contributed by atoms with van der Waals surface area (Å²) < 4.78 is 6.49. The van der Waals surface area contributed by atoms with Crippen molar-refractivity contribution in [3.63, 3.8) is 0 Å². The molecule has 2 aromatic rings. The van der Waals surface area contributed by atoms with E-state index < -0.39 is 42.4 Å². The highest BCUT2D eigenvalue weighted by molar-refractivity contribution is 7.71. The zero-order valence-electron chi connectivity index (χ0n) is 18.0. The molecular weight excluding hydrogens is 482 g/mol. The minimum Gasteiger partial charge on any atom is -0.505 e. The quantitative estimate of drug-likeness (QED) is 0.149. The number of aromatic amines is 1. The maximum Gasteiger partial charge on any atom is 0.305 e. The van der Waals surface area contributed by atoms with Crippen LogP contribution in [0.5, 0.6) is 0 Å². The van der Waals surface area contributed by atoms with Gasteiger partial charge in [-0.05, 0) is 11.8 Å². The molecule has 3 rings (SSSR count). The van der Waals surface area contributed by atoms with Gasteiger partial charge in [0.15, 0.2) is 16.2 Å². The van der Waals surface area contributed by atoms with E-state index in [-0.39, 0.29) is 47.2 Å². The van der Waals surface area contributed by atoms with E-state index >= 15 is 0 Å². The predicted octanol–water partition coefficient (Wildman–Crippen LogP) is -1.74. The number of fused-ring (bicyclic) bond motifs is 1. The highest BCUT2D eigenvalue weighted by atomic mass is 32.1. The number of ether oxygens (including phenoxy) is 1. The molecule has 0 fully saturated rings. The fourth-order valence-electron chi connectivity index (χ4n) is 2.98. The Morgan fingerprint density at radius 3 is 2.74 bits per heavy atom. The van der Waals surface area contributed by atoms with Gasteiger partial charge in [-0.3, -0.25) is 14.2 Å². The molecule has 2 unspecified atom stereocenters. The number of imidazole rings is 1. The van der Waals surface area contributed by atoms with Crippen LogP contribution in [0.1, 0.15) is 6.42 Å². The first-order valence-electron chi connectivity index (χ1n) is 9.98. The van der Waals surface area contributed by atoms with Gasteiger partial charge in [-0.2, -0.15) is 0 Å². The molecule has 14 nitrogen and oxygen atoms in total. The normalized spacial score (nSPS) is 17.6. The lowest BCUT2D eigenvalue weighted by Gasteiger charge is -2.22. The Morgan fingerprint density at radius 2 is 2.09 bits per heavy atom. The second kappa shape index (κ2) is 10.9. The molecule has 2 aromatic heterocycles. The molecule has 35 heavy (non-hydrogen) atoms. The number of aliphatic carboxylic acids is 1. The van der Waals surface area contributed by atoms with Crippen molar-refractivity contribution in [3.05, 3.63) is 22.5 Å². The number of nitrogens with zero attached hydrogens (tertiary/aromatic N) is 3. The number of carbonyl (C=O) groups is 2. The van der Waals surface area contributed by atoms with E-state index in [0.29, 0.717) is 0 Å². The molecule has 0 aromatic carbocycles. The van der Waals surface area contributed by atoms with E-state index in [1.807, 2.05) is 0 Å². The Labute approximate surface area is 202 Å². The van der Waals surface area contributed by atoms with E-state index in [0.717, 1.165) is 0 Å². The largest absolute Gasteiger partial charge is 0.505 e. The van der Waals surface area contributed by atoms with Crippen molar-refractivity contribution in [2.45, 2.75) is 18.2 Å². The predicted molar refractivity (Wildman–Crippen MR) is 123 cm³/mol. The number of aliphatic hydroxyl groups is 3. The molecule has 0 saturated carbocycles. The van der Waals surface area contributed by atoms with Crippen LogP contribution < -0.4 is 16.4 Å². The van der Waals surface area contributed by atoms with E-state index in [4.69, 9.17) is 27.8 Å². The van der Waals surface area contributed by atoms with Crippen molar-refractivity contribution in [2.24, 2.45) is 5.73 Å². The van der Waals surface area contributed by atoms with Gasteiger partial charge in [0, 0.05) is 0 Å². The lowest BCUT2D eigenvalue weighted by atomic mass is 10.2. The fraction of sp³-hybridized carbons (Fsp3) is 0.350. The van der Waals surface area contributed by atoms with E-state index in [2.05, 4.69) is 49.3 Å². The molecule has 15 heteroatoms. The van der Waals surface area contributed by atoms with Gasteiger partial charge >= 0.3 is 5.97 Å². The number of nitrogens with two attached hydrogens (primary N) is 1. The molecule has 0 aliphatic carbocycles. The molecule has 9 N–H and O–H groups in total. The summed E-state index contributed by atoms with van der Waals surface area (Å²) in [5, 5.41) is 44.3. The number of aliphatic hydroxyl groups excluding tert-OH is 2. The smallest absolute Gasteiger partial charge is 0.305 e. The summed E-state index contributed by atoms with van der Waals surface area (Å²) in [6.45, 7) is -0.871. The summed E-state index contributed by atoms with van der Waals surface area (Å²) in [7, 11) is 0. The summed E-state index contributed by atoms with van der Waals surface area (Å²) >= 11 is 5.24. The monoisotopic (exact) mass is 503 g/mol. The maximum atomic E-state index is 11.6. The molecule has 0 saturated heterocycles. The summed E-state index contributed by atoms with van der Waals surface area (Å²) in [5.74, 6) is 8.09. The van der Waals surface area contributed by atoms with Crippen molar-refractivity contribution in [1.29, 1.82) is 0 Å². The van der Waals surface area contributed by atoms with Crippen molar-refractivity contribution >= 4 is 41.2 Å². The molecule has 1 aliphatic rings. The van der Waals surface area contributed by atoms with Crippen LogP contribution in [0.15, 0.2) is 17.8 Å². The van der Waals surface area contributed by atoms with Crippen LogP contribution in [0.3, 0.4) is 0 Å². The molecule has 0 spiro atoms. The standard InChI is InChI=1S/C20H21N7O7S/c21-11(7-13(29)30)17(32)22-5-3-1-2-4-6-23-19-25-16-14(18(35)26-19)24-10-27(16)20(33)9-34-12(8-28)15(20)31/h10-11,28,31,33H,5-9,21H2,(H,22,32)(H,29,30)(H2,23,25,26,35). The van der Waals surface area contributed by atoms with Crippen LogP contribution >= 0.6 is 12.2 Å². The lowest BCUT2D eigenvalue weighted by Crippen LogP contribution is -2.42. The number of anilines is 1. The number of nitrogens with one attached hydrogen (secondary N) is 3. The van der Waals surface area contributed by atoms with Gasteiger partial charge in [0.05, 0.1) is 31.9 Å². The first-order chi connectivity index (χ1) is 16.7. The number of carboxylic acids is 1. The highest BCUT2D eigenvalue weighted by Gasteiger charge is 2.44. The van der Waals surface area contributed by atoms with Gasteiger partial charge in [0.1, 0.15) is 24.4 Å². The minimum atomic E-state index is -1.99. The number of rotatable bonds is 8. The Morgan fingerprint density at radius 1 is 1.37 bits per heavy atom. The molecule has 184 valence electrons. The van der Waals surface area contributed by atoms with Gasteiger partial charge in [0.2, 0.25) is 17.6 Å². The third kappa shape index (κ3) is 5.68. The zero-order chi connectivity index (χ0) is 25.6. The van der Waals surface area contributed by atoms with Crippen LogP contribution in [-0.2, 0) is 20.1 Å². The van der Waals surface area contributed by atoms with Crippen LogP contribution in [0.4, 0.5) is 5.95 Å². The van der Waals surface area contributed by atoms with Gasteiger partial charge in [-0.25, -0.2) is 9.97 Å². The molecule has 3 heterocycles. The number of H-pyrrole nitrogens is 1. The van der Waals surface area contributed by atoms with Crippen molar-refractivity contribution < 1.29 is 34.8 Å². The summed E-state index contributed by atoms with van der Waals surface area (Å²) in [5.41, 5.74) is 3.94. The van der Waals surface area contributed by atoms with Crippen molar-refractivity contribution in [2.75, 3.05) is 31.6 Å². The number of amides is 1. The van der Waals surface area contributed by atoms with Gasteiger partial charge in [-0.15, -0.1) is 0 Å². The van der Waals surface area contributed by atoms with Gasteiger partial charge < -0.3 is 46.5 Å². The number of hydrogen-bond donors (Lipinski definition) is 8. The number of hydrogen-bond acceptors (Lipinski definition) is 11. The summed E-state index contributed by atoms with van der Waals surface area (Å²) in [4.78, 5) is 33.3. The van der Waals surface area contributed by atoms with Crippen molar-refractivity contribution in [1.82, 2.24) is 24.8 Å². The Bertz CT molecular complexity index is 1360. The van der Waals surface area contributed by atoms with E-state index in [9.17, 15) is 24.9 Å². The maximum absolute atomic E-state index is 11.6. The zero-order valence-corrected chi connectivity index (χ0v) is 18.8. The number of carboxylic acid groups (broad SMARTS) is 1. The lowest BCUT2D eigenvalue weighted by molar-refractivity contribution is -0.139. The average Bonchev–Trinajstić information content (AvgIpc) is 3.37. The third-order valence-corrected chi connectivity index (χ3v) is 5.00. The van der Waals surface area contributed by atoms with Gasteiger partial charge in [0.25, 0.3) is 0 Å². The topological polar surface area (TPSA) is 221 Å².